The van der Waals surface area contributed by atoms with Gasteiger partial charge in [-0.25, -0.2) is 4.79 Å². The summed E-state index contributed by atoms with van der Waals surface area (Å²) in [5.74, 6) is -0.888. The van der Waals surface area contributed by atoms with Gasteiger partial charge in [-0.15, -0.1) is 0 Å². The van der Waals surface area contributed by atoms with Crippen LogP contribution in [0.15, 0.2) is 18.2 Å². The smallest absolute Gasteiger partial charge is 0.335 e. The quantitative estimate of drug-likeness (QED) is 0.0667. The van der Waals surface area contributed by atoms with Gasteiger partial charge in [0.05, 0.1) is 18.8 Å². The van der Waals surface area contributed by atoms with Crippen LogP contribution in [0.5, 0.6) is 0 Å². The molecule has 1 aromatic rings. The highest BCUT2D eigenvalue weighted by Crippen LogP contribution is 2.18. The van der Waals surface area contributed by atoms with Crippen molar-refractivity contribution in [3.63, 3.8) is 0 Å². The molecule has 0 amide bonds. The average Bonchev–Trinajstić information content (AvgIpc) is 3.21. The summed E-state index contributed by atoms with van der Waals surface area (Å²) in [4.78, 5) is 11.8. The molecule has 4 heteroatoms. The molecule has 0 heterocycles. The summed E-state index contributed by atoms with van der Waals surface area (Å²) >= 11 is 0. The van der Waals surface area contributed by atoms with Gasteiger partial charge in [-0.05, 0) is 36.1 Å². The molecular formula is C53H98O4. The molecule has 0 saturated heterocycles. The Morgan fingerprint density at radius 3 is 0.772 bits per heavy atom. The molecule has 0 aromatic heterocycles. The third kappa shape index (κ3) is 38.6. The average molecular weight is 799 g/mol. The van der Waals surface area contributed by atoms with Crippen LogP contribution in [-0.4, -0.2) is 24.3 Å². The second-order valence-corrected chi connectivity index (χ2v) is 17.9. The van der Waals surface area contributed by atoms with Crippen LogP contribution in [0.4, 0.5) is 0 Å². The molecule has 334 valence electrons. The van der Waals surface area contributed by atoms with Crippen molar-refractivity contribution in [2.45, 2.75) is 284 Å². The number of aromatic carboxylic acids is 1. The fourth-order valence-electron chi connectivity index (χ4n) is 8.35. The van der Waals surface area contributed by atoms with E-state index in [1.54, 1.807) is 12.1 Å². The van der Waals surface area contributed by atoms with Crippen molar-refractivity contribution in [2.75, 3.05) is 13.2 Å². The van der Waals surface area contributed by atoms with Crippen LogP contribution in [-0.2, 0) is 22.7 Å². The van der Waals surface area contributed by atoms with E-state index >= 15 is 0 Å². The normalized spacial score (nSPS) is 11.5. The van der Waals surface area contributed by atoms with E-state index in [-0.39, 0.29) is 0 Å². The molecule has 0 radical (unpaired) electrons. The number of hydrogen-bond donors (Lipinski definition) is 1. The highest BCUT2D eigenvalue weighted by Gasteiger charge is 2.08. The van der Waals surface area contributed by atoms with E-state index < -0.39 is 5.97 Å². The van der Waals surface area contributed by atoms with Crippen molar-refractivity contribution in [1.82, 2.24) is 0 Å². The zero-order chi connectivity index (χ0) is 41.0. The van der Waals surface area contributed by atoms with Crippen LogP contribution < -0.4 is 0 Å². The molecule has 1 N–H and O–H groups in total. The van der Waals surface area contributed by atoms with Gasteiger partial charge in [-0.3, -0.25) is 0 Å². The lowest BCUT2D eigenvalue weighted by Gasteiger charge is -2.10. The van der Waals surface area contributed by atoms with Crippen LogP contribution >= 0.6 is 0 Å². The van der Waals surface area contributed by atoms with Crippen LogP contribution in [0.25, 0.3) is 0 Å². The Balaban J connectivity index is 1.92. The molecule has 0 bridgehead atoms. The first-order valence-corrected chi connectivity index (χ1v) is 25.7. The Hall–Kier alpha value is -1.39. The van der Waals surface area contributed by atoms with Gasteiger partial charge in [0.2, 0.25) is 0 Å². The third-order valence-corrected chi connectivity index (χ3v) is 12.1. The van der Waals surface area contributed by atoms with E-state index in [1.165, 1.54) is 244 Å². The maximum absolute atomic E-state index is 11.8. The maximum Gasteiger partial charge on any atom is 0.335 e. The van der Waals surface area contributed by atoms with Crippen molar-refractivity contribution >= 4 is 5.97 Å². The van der Waals surface area contributed by atoms with Gasteiger partial charge in [-0.2, -0.15) is 0 Å². The number of unbranched alkanes of at least 4 members (excludes halogenated alkanes) is 38. The number of rotatable bonds is 47. The van der Waals surface area contributed by atoms with Gasteiger partial charge >= 0.3 is 5.97 Å². The lowest BCUT2D eigenvalue weighted by Crippen LogP contribution is -2.04. The minimum Gasteiger partial charge on any atom is -0.478 e. The van der Waals surface area contributed by atoms with Crippen LogP contribution in [0.1, 0.15) is 292 Å². The van der Waals surface area contributed by atoms with Crippen molar-refractivity contribution in [3.8, 4) is 0 Å². The summed E-state index contributed by atoms with van der Waals surface area (Å²) in [6.07, 6.45) is 55.5. The molecule has 0 aliphatic carbocycles. The number of carboxylic acid groups (broad SMARTS) is 1. The lowest BCUT2D eigenvalue weighted by molar-refractivity contribution is 0.0695. The molecule has 1 aromatic carbocycles. The van der Waals surface area contributed by atoms with E-state index in [0.29, 0.717) is 18.8 Å². The fourth-order valence-corrected chi connectivity index (χ4v) is 8.35. The summed E-state index contributed by atoms with van der Waals surface area (Å²) in [5.41, 5.74) is 2.19. The topological polar surface area (TPSA) is 55.8 Å². The maximum atomic E-state index is 11.8. The van der Waals surface area contributed by atoms with E-state index in [2.05, 4.69) is 19.9 Å². The first-order valence-electron chi connectivity index (χ1n) is 25.7. The highest BCUT2D eigenvalue weighted by atomic mass is 16.5. The fraction of sp³-hybridized carbons (Fsp3) is 0.868. The zero-order valence-corrected chi connectivity index (χ0v) is 38.5. The second-order valence-electron chi connectivity index (χ2n) is 17.9. The van der Waals surface area contributed by atoms with Gasteiger partial charge in [0, 0.05) is 13.2 Å². The van der Waals surface area contributed by atoms with Gasteiger partial charge < -0.3 is 14.6 Å². The molecule has 0 saturated carbocycles. The molecule has 0 aliphatic heterocycles. The number of carboxylic acids is 1. The predicted octanol–water partition coefficient (Wildman–Crippen LogP) is 18.1. The molecule has 0 atom stereocenters. The van der Waals surface area contributed by atoms with Crippen LogP contribution in [0.2, 0.25) is 0 Å². The van der Waals surface area contributed by atoms with Crippen LogP contribution in [0.3, 0.4) is 0 Å². The lowest BCUT2D eigenvalue weighted by atomic mass is 10.0. The standard InChI is InChI=1S/C53H98O4/c1-3-5-7-9-11-13-15-17-19-21-23-25-27-29-31-33-35-37-39-41-43-56-48-50-45-51(47-52(46-50)53(54)55)49-57-44-42-40-38-36-34-32-30-28-26-24-22-20-18-16-14-12-10-8-6-4-2/h45-47H,3-44,48-49H2,1-2H3,(H,54,55). The molecule has 1 rings (SSSR count). The first kappa shape index (κ1) is 53.6. The Labute approximate surface area is 356 Å². The second kappa shape index (κ2) is 44.2. The highest BCUT2D eigenvalue weighted by molar-refractivity contribution is 5.88. The third-order valence-electron chi connectivity index (χ3n) is 12.1. The SMILES string of the molecule is CCCCCCCCCCCCCCCCCCCCCCOCc1cc(COCCCCCCCCCCCCCCCCCCCCCC)cc(C(=O)O)c1. The van der Waals surface area contributed by atoms with Gasteiger partial charge in [-0.1, -0.05) is 264 Å². The minimum absolute atomic E-state index is 0.326. The molecule has 0 aliphatic rings. The Kier molecular flexibility index (Phi) is 41.6. The Bertz CT molecular complexity index is 894. The number of benzene rings is 1. The Morgan fingerprint density at radius 2 is 0.561 bits per heavy atom. The summed E-state index contributed by atoms with van der Waals surface area (Å²) < 4.78 is 11.9. The van der Waals surface area contributed by atoms with Gasteiger partial charge in [0.25, 0.3) is 0 Å². The summed E-state index contributed by atoms with van der Waals surface area (Å²) in [5, 5.41) is 9.66. The number of hydrogen-bond acceptors (Lipinski definition) is 3. The van der Waals surface area contributed by atoms with Gasteiger partial charge in [0.1, 0.15) is 0 Å². The summed E-state index contributed by atoms with van der Waals surface area (Å²) in [7, 11) is 0. The largest absolute Gasteiger partial charge is 0.478 e. The number of carbonyl (C=O) groups is 1. The first-order chi connectivity index (χ1) is 28.2. The molecule has 4 nitrogen and oxygen atoms in total. The monoisotopic (exact) mass is 799 g/mol. The van der Waals surface area contributed by atoms with Crippen molar-refractivity contribution in [3.05, 3.63) is 34.9 Å². The van der Waals surface area contributed by atoms with Gasteiger partial charge in [0.15, 0.2) is 0 Å². The predicted molar refractivity (Wildman–Crippen MR) is 249 cm³/mol. The number of ether oxygens (including phenoxy) is 2. The van der Waals surface area contributed by atoms with Crippen molar-refractivity contribution in [2.24, 2.45) is 0 Å². The van der Waals surface area contributed by atoms with Crippen molar-refractivity contribution < 1.29 is 19.4 Å². The van der Waals surface area contributed by atoms with E-state index in [4.69, 9.17) is 9.47 Å². The molecule has 0 fully saturated rings. The molecule has 0 unspecified atom stereocenters. The molecule has 0 spiro atoms. The van der Waals surface area contributed by atoms with E-state index in [1.807, 2.05) is 0 Å². The molecular weight excluding hydrogens is 701 g/mol. The zero-order valence-electron chi connectivity index (χ0n) is 38.5. The van der Waals surface area contributed by atoms with E-state index in [9.17, 15) is 9.90 Å². The molecule has 57 heavy (non-hydrogen) atoms. The Morgan fingerprint density at radius 1 is 0.351 bits per heavy atom. The van der Waals surface area contributed by atoms with Crippen LogP contribution in [0, 0.1) is 0 Å². The van der Waals surface area contributed by atoms with E-state index in [0.717, 1.165) is 37.2 Å². The van der Waals surface area contributed by atoms with Crippen molar-refractivity contribution in [1.29, 1.82) is 0 Å². The minimum atomic E-state index is -0.888. The summed E-state index contributed by atoms with van der Waals surface area (Å²) in [6.45, 7) is 7.00. The summed E-state index contributed by atoms with van der Waals surface area (Å²) in [6, 6.07) is 5.56.